The maximum absolute atomic E-state index is 10.6. The predicted octanol–water partition coefficient (Wildman–Crippen LogP) is -3.26. The highest BCUT2D eigenvalue weighted by molar-refractivity contribution is 6.50. The van der Waals surface area contributed by atoms with Crippen molar-refractivity contribution in [3.8, 4) is 0 Å². The Hall–Kier alpha value is 0.178. The van der Waals surface area contributed by atoms with Crippen LogP contribution in [0.5, 0.6) is 0 Å². The average Bonchev–Trinajstić information content (AvgIpc) is 2.45. The topological polar surface area (TPSA) is 66.0 Å². The van der Waals surface area contributed by atoms with Crippen molar-refractivity contribution in [2.45, 2.75) is 25.7 Å². The Morgan fingerprint density at radius 2 is 1.44 bits per heavy atom. The van der Waals surface area contributed by atoms with E-state index in [1.54, 1.807) is 0 Å². The van der Waals surface area contributed by atoms with Crippen molar-refractivity contribution in [2.24, 2.45) is 0 Å². The molecule has 2 heterocycles. The summed E-state index contributed by atoms with van der Waals surface area (Å²) in [5.74, 6) is 0.225. The Labute approximate surface area is 105 Å². The van der Waals surface area contributed by atoms with Gasteiger partial charge in [-0.05, 0) is 12.8 Å². The molecule has 2 saturated heterocycles. The highest BCUT2D eigenvalue weighted by Gasteiger charge is 2.03. The monoisotopic (exact) mass is 297 g/mol. The van der Waals surface area contributed by atoms with Crippen LogP contribution < -0.4 is 5.32 Å². The van der Waals surface area contributed by atoms with Crippen LogP contribution in [0.1, 0.15) is 25.7 Å². The Bertz CT molecular complexity index is 164. The summed E-state index contributed by atoms with van der Waals surface area (Å²) in [6.07, 6.45) is 4.18. The van der Waals surface area contributed by atoms with Crippen LogP contribution in [0, 0.1) is 0 Å². The first-order valence-electron chi connectivity index (χ1n) is 5.47. The molecule has 0 bridgehead atoms. The molecule has 2 rings (SSSR count). The number of hydrogen-bond acceptors (Lipinski definition) is 5. The van der Waals surface area contributed by atoms with E-state index in [4.69, 9.17) is 16.5 Å². The van der Waals surface area contributed by atoms with Crippen molar-refractivity contribution >= 4 is 45.9 Å². The summed E-state index contributed by atoms with van der Waals surface area (Å²) in [5, 5.41) is 2.81. The van der Waals surface area contributed by atoms with Gasteiger partial charge in [0, 0.05) is 13.0 Å². The Morgan fingerprint density at radius 3 is 2.00 bits per heavy atom. The van der Waals surface area contributed by atoms with Crippen LogP contribution in [0.4, 0.5) is 0 Å². The third-order valence-corrected chi connectivity index (χ3v) is 7.40. The van der Waals surface area contributed by atoms with Gasteiger partial charge in [-0.25, -0.2) is 0 Å². The van der Waals surface area contributed by atoms with Crippen molar-refractivity contribution in [3.05, 3.63) is 0 Å². The second-order valence-corrected chi connectivity index (χ2v) is 10.9. The lowest BCUT2D eigenvalue weighted by molar-refractivity contribution is -0.120. The van der Waals surface area contributed by atoms with Gasteiger partial charge in [-0.3, -0.25) is 4.79 Å². The minimum Gasteiger partial charge on any atom is -0.425 e. The molecule has 0 unspecified atom stereocenters. The van der Waals surface area contributed by atoms with E-state index >= 15 is 0 Å². The smallest absolute Gasteiger partial charge is 0.286 e. The summed E-state index contributed by atoms with van der Waals surface area (Å²) >= 11 is 0. The summed E-state index contributed by atoms with van der Waals surface area (Å²) in [6.45, 7) is 0.888. The van der Waals surface area contributed by atoms with E-state index in [9.17, 15) is 4.79 Å². The minimum absolute atomic E-state index is 0.225. The van der Waals surface area contributed by atoms with Crippen molar-refractivity contribution in [3.63, 3.8) is 0 Å². The highest BCUT2D eigenvalue weighted by atomic mass is 28.4. The number of carbonyl (C=O) groups is 1. The van der Waals surface area contributed by atoms with Crippen molar-refractivity contribution in [2.75, 3.05) is 6.54 Å². The van der Waals surface area contributed by atoms with Crippen LogP contribution in [0.3, 0.4) is 0 Å². The molecule has 1 amide bonds. The minimum atomic E-state index is -0.653. The largest absolute Gasteiger partial charge is 0.425 e. The number of amides is 1. The number of rotatable bonds is 0. The van der Waals surface area contributed by atoms with Crippen molar-refractivity contribution in [1.82, 2.24) is 5.32 Å². The second kappa shape index (κ2) is 10.3. The van der Waals surface area contributed by atoms with Gasteiger partial charge in [0.15, 0.2) is 0 Å². The molecule has 10 heteroatoms. The van der Waals surface area contributed by atoms with Crippen LogP contribution in [0.15, 0.2) is 0 Å². The van der Waals surface area contributed by atoms with E-state index < -0.39 is 40.0 Å². The molecule has 2 fully saturated rings. The van der Waals surface area contributed by atoms with Gasteiger partial charge >= 0.3 is 0 Å². The first-order valence-corrected chi connectivity index (χ1v) is 10.1. The highest BCUT2D eigenvalue weighted by Crippen LogP contribution is 2.02. The van der Waals surface area contributed by atoms with E-state index in [0.717, 1.165) is 25.8 Å². The fourth-order valence-corrected chi connectivity index (χ4v) is 8.49. The number of nitrogens with one attached hydrogen (secondary N) is 1. The molecule has 0 aliphatic carbocycles. The van der Waals surface area contributed by atoms with Gasteiger partial charge in [-0.15, -0.1) is 0 Å². The van der Waals surface area contributed by atoms with Gasteiger partial charge in [0.1, 0.15) is 0 Å². The fourth-order valence-electron chi connectivity index (χ4n) is 1.28. The summed E-state index contributed by atoms with van der Waals surface area (Å²) in [4.78, 5) is 10.6. The van der Waals surface area contributed by atoms with Gasteiger partial charge in [0.2, 0.25) is 5.91 Å². The Kier molecular flexibility index (Phi) is 9.20. The maximum atomic E-state index is 10.6. The lowest BCUT2D eigenvalue weighted by Crippen LogP contribution is -2.23. The summed E-state index contributed by atoms with van der Waals surface area (Å²) in [6, 6.07) is 0. The number of hydrogen-bond donors (Lipinski definition) is 1. The molecule has 1 N–H and O–H groups in total. The third-order valence-electron chi connectivity index (χ3n) is 2.07. The third kappa shape index (κ3) is 8.34. The number of carbonyl (C=O) groups excluding carboxylic acids is 1. The molecule has 0 aromatic rings. The first-order chi connectivity index (χ1) is 7.89. The molecule has 2 aliphatic rings. The molecular weight excluding hydrogens is 278 g/mol. The fraction of sp³-hybridized carbons (Fsp3) is 0.833. The van der Waals surface area contributed by atoms with Gasteiger partial charge in [0.05, 0.1) is 0 Å². The lowest BCUT2D eigenvalue weighted by Gasteiger charge is -2.10. The SMILES string of the molecule is O1[SiH2]O[SiH2]O[SiH2]O[SiH2]1.O=C1CCCCCN1. The lowest BCUT2D eigenvalue weighted by atomic mass is 10.2. The summed E-state index contributed by atoms with van der Waals surface area (Å²) < 4.78 is 20.4. The van der Waals surface area contributed by atoms with Crippen molar-refractivity contribution < 1.29 is 21.3 Å². The zero-order chi connectivity index (χ0) is 11.5. The molecule has 0 atom stereocenters. The van der Waals surface area contributed by atoms with E-state index in [1.807, 2.05) is 0 Å². The predicted molar refractivity (Wildman–Crippen MR) is 70.0 cm³/mol. The van der Waals surface area contributed by atoms with Crippen molar-refractivity contribution in [1.29, 1.82) is 0 Å². The molecule has 6 nitrogen and oxygen atoms in total. The Morgan fingerprint density at radius 1 is 0.875 bits per heavy atom. The van der Waals surface area contributed by atoms with E-state index in [-0.39, 0.29) is 5.91 Å². The first kappa shape index (κ1) is 14.2. The maximum Gasteiger partial charge on any atom is 0.286 e. The molecule has 0 aromatic carbocycles. The van der Waals surface area contributed by atoms with Crippen LogP contribution >= 0.6 is 0 Å². The Balaban J connectivity index is 0.000000160. The van der Waals surface area contributed by atoms with E-state index in [2.05, 4.69) is 5.32 Å². The zero-order valence-electron chi connectivity index (χ0n) is 9.41. The van der Waals surface area contributed by atoms with Crippen LogP contribution in [-0.2, 0) is 21.3 Å². The molecule has 2 aliphatic heterocycles. The van der Waals surface area contributed by atoms with E-state index in [0.29, 0.717) is 0 Å². The quantitative estimate of drug-likeness (QED) is 0.476. The summed E-state index contributed by atoms with van der Waals surface area (Å²) in [5.41, 5.74) is 0. The molecule has 0 aromatic heterocycles. The standard InChI is InChI=1S/C6H11NO.H8O4Si4/c8-6-4-2-1-3-5-7-6;1-5-2-7-4-8-3-6-1/h1-5H2,(H,7,8);5-8H2. The molecule has 0 radical (unpaired) electrons. The van der Waals surface area contributed by atoms with Crippen LogP contribution in [-0.4, -0.2) is 52.5 Å². The normalized spacial score (nSPS) is 28.9. The van der Waals surface area contributed by atoms with Crippen LogP contribution in [0.2, 0.25) is 0 Å². The van der Waals surface area contributed by atoms with E-state index in [1.165, 1.54) is 6.42 Å². The van der Waals surface area contributed by atoms with Gasteiger partial charge in [-0.2, -0.15) is 0 Å². The molecule has 94 valence electrons. The summed E-state index contributed by atoms with van der Waals surface area (Å²) in [7, 11) is -2.61. The molecular formula is C6H19NO5Si4. The zero-order valence-corrected chi connectivity index (χ0v) is 15.1. The molecule has 0 spiro atoms. The van der Waals surface area contributed by atoms with Gasteiger partial charge in [-0.1, -0.05) is 6.42 Å². The molecule has 0 saturated carbocycles. The second-order valence-electron chi connectivity index (χ2n) is 3.45. The van der Waals surface area contributed by atoms with Gasteiger partial charge < -0.3 is 21.8 Å². The van der Waals surface area contributed by atoms with Gasteiger partial charge in [0.25, 0.3) is 40.0 Å². The molecule has 16 heavy (non-hydrogen) atoms. The average molecular weight is 298 g/mol. The van der Waals surface area contributed by atoms with Crippen LogP contribution in [0.25, 0.3) is 0 Å².